The van der Waals surface area contributed by atoms with Crippen molar-refractivity contribution in [3.05, 3.63) is 11.6 Å². The maximum atomic E-state index is 10.6. The number of carbonyl (C=O) groups is 1. The van der Waals surface area contributed by atoms with Gasteiger partial charge in [0.05, 0.1) is 7.05 Å². The summed E-state index contributed by atoms with van der Waals surface area (Å²) < 4.78 is 0. The van der Waals surface area contributed by atoms with Crippen molar-refractivity contribution in [2.24, 2.45) is 0 Å². The smallest absolute Gasteiger partial charge is 0.222 e. The molecule has 1 aliphatic rings. The topological polar surface area (TPSA) is 33.5 Å². The van der Waals surface area contributed by atoms with Crippen LogP contribution in [0.5, 0.6) is 0 Å². The number of thioether (sulfide) groups is 1. The van der Waals surface area contributed by atoms with E-state index >= 15 is 0 Å². The summed E-state index contributed by atoms with van der Waals surface area (Å²) in [4.78, 5) is 11.8. The van der Waals surface area contributed by atoms with Crippen LogP contribution in [0.15, 0.2) is 11.6 Å². The SMILES string of the molecule is Br[I-]Br.CC(=O)NC1SC=C[NH+]1C. The Kier molecular flexibility index (Phi) is 9.31. The molecule has 1 rings (SSSR count). The van der Waals surface area contributed by atoms with Gasteiger partial charge in [-0.1, -0.05) is 0 Å². The van der Waals surface area contributed by atoms with Gasteiger partial charge in [-0.15, -0.1) is 0 Å². The van der Waals surface area contributed by atoms with E-state index < -0.39 is 0 Å². The molecule has 0 spiro atoms. The van der Waals surface area contributed by atoms with Gasteiger partial charge in [-0.25, -0.2) is 0 Å². The summed E-state index contributed by atoms with van der Waals surface area (Å²) in [5.41, 5.74) is 0.178. The molecule has 0 saturated carbocycles. The molecule has 1 amide bonds. The molecule has 7 heteroatoms. The first-order chi connectivity index (χ1) is 6.11. The van der Waals surface area contributed by atoms with Crippen molar-refractivity contribution in [1.82, 2.24) is 5.32 Å². The van der Waals surface area contributed by atoms with Crippen LogP contribution < -0.4 is 27.0 Å². The molecule has 3 nitrogen and oxygen atoms in total. The van der Waals surface area contributed by atoms with Crippen LogP contribution in [0, 0.1) is 0 Å². The summed E-state index contributed by atoms with van der Waals surface area (Å²) >= 11 is 8.19. The molecule has 1 heterocycles. The minimum absolute atomic E-state index is 0.0283. The fraction of sp³-hybridized carbons (Fsp3) is 0.500. The largest absolute Gasteiger partial charge is 0.297 e. The van der Waals surface area contributed by atoms with Crippen LogP contribution >= 0.6 is 37.1 Å². The fourth-order valence-electron chi connectivity index (χ4n) is 0.752. The number of carbonyl (C=O) groups excluding carboxylic acids is 1. The molecule has 1 aliphatic heterocycles. The minimum atomic E-state index is 0.0283. The van der Waals surface area contributed by atoms with E-state index in [9.17, 15) is 4.79 Å². The van der Waals surface area contributed by atoms with Gasteiger partial charge in [0.15, 0.2) is 0 Å². The van der Waals surface area contributed by atoms with Gasteiger partial charge in [-0.2, -0.15) is 0 Å². The van der Waals surface area contributed by atoms with Gasteiger partial charge in [0.1, 0.15) is 6.20 Å². The first-order valence-electron chi connectivity index (χ1n) is 3.41. The average molecular weight is 446 g/mol. The molecule has 0 saturated heterocycles. The van der Waals surface area contributed by atoms with Crippen molar-refractivity contribution in [3.8, 4) is 0 Å². The molecular weight excluding hydrogens is 435 g/mol. The second-order valence-electron chi connectivity index (χ2n) is 2.32. The van der Waals surface area contributed by atoms with E-state index in [4.69, 9.17) is 0 Å². The van der Waals surface area contributed by atoms with Crippen molar-refractivity contribution in [3.63, 3.8) is 0 Å². The van der Waals surface area contributed by atoms with Crippen LogP contribution in [0.2, 0.25) is 0 Å². The van der Waals surface area contributed by atoms with Crippen LogP contribution in [0.3, 0.4) is 0 Å². The molecule has 0 fully saturated rings. The van der Waals surface area contributed by atoms with Gasteiger partial charge in [0.2, 0.25) is 11.4 Å². The maximum Gasteiger partial charge on any atom is 0.222 e. The monoisotopic (exact) mass is 444 g/mol. The number of quaternary nitrogens is 1. The number of halogens is 3. The summed E-state index contributed by atoms with van der Waals surface area (Å²) in [5, 5.41) is 4.81. The fourth-order valence-corrected chi connectivity index (χ4v) is 1.73. The normalized spacial score (nSPS) is 25.2. The molecule has 0 radical (unpaired) electrons. The average Bonchev–Trinajstić information content (AvgIpc) is 2.37. The predicted molar refractivity (Wildman–Crippen MR) is 59.1 cm³/mol. The third-order valence-corrected chi connectivity index (χ3v) is 2.35. The van der Waals surface area contributed by atoms with E-state index in [2.05, 4.69) is 30.7 Å². The Morgan fingerprint density at radius 2 is 2.23 bits per heavy atom. The van der Waals surface area contributed by atoms with Gasteiger partial charge >= 0.3 is 42.1 Å². The number of nitrogens with one attached hydrogen (secondary N) is 2. The van der Waals surface area contributed by atoms with Crippen molar-refractivity contribution in [2.45, 2.75) is 12.4 Å². The van der Waals surface area contributed by atoms with E-state index in [0.717, 1.165) is 0 Å². The van der Waals surface area contributed by atoms with Crippen LogP contribution in [0.1, 0.15) is 6.92 Å². The summed E-state index contributed by atoms with van der Waals surface area (Å²) in [6.45, 7) is 1.53. The van der Waals surface area contributed by atoms with Gasteiger partial charge in [0, 0.05) is 12.3 Å². The second kappa shape index (κ2) is 8.51. The molecule has 0 aromatic carbocycles. The number of rotatable bonds is 1. The summed E-state index contributed by atoms with van der Waals surface area (Å²) in [6, 6.07) is 0. The summed E-state index contributed by atoms with van der Waals surface area (Å²) in [7, 11) is 2.01. The molecular formula is C6H11Br2IN2OS. The Balaban J connectivity index is 0.000000424. The molecule has 0 aromatic heterocycles. The Bertz CT molecular complexity index is 193. The molecule has 2 N–H and O–H groups in total. The molecule has 78 valence electrons. The zero-order valence-electron chi connectivity index (χ0n) is 7.18. The van der Waals surface area contributed by atoms with Crippen LogP contribution in [0.4, 0.5) is 0 Å². The van der Waals surface area contributed by atoms with Crippen LogP contribution in [0.25, 0.3) is 0 Å². The Labute approximate surface area is 105 Å². The predicted octanol–water partition coefficient (Wildman–Crippen LogP) is -2.17. The number of hydrogen-bond acceptors (Lipinski definition) is 2. The molecule has 0 aliphatic carbocycles. The van der Waals surface area contributed by atoms with Crippen molar-refractivity contribution in [2.75, 3.05) is 7.05 Å². The second-order valence-corrected chi connectivity index (χ2v) is 13.1. The summed E-state index contributed by atoms with van der Waals surface area (Å²) in [5.74, 6) is 0.0283. The van der Waals surface area contributed by atoms with Gasteiger partial charge in [-0.05, 0) is 11.8 Å². The van der Waals surface area contributed by atoms with Gasteiger partial charge < -0.3 is 0 Å². The molecule has 2 unspecified atom stereocenters. The third-order valence-electron chi connectivity index (χ3n) is 1.29. The Morgan fingerprint density at radius 3 is 2.54 bits per heavy atom. The minimum Gasteiger partial charge on any atom is -0.297 e. The zero-order valence-corrected chi connectivity index (χ0v) is 13.3. The van der Waals surface area contributed by atoms with E-state index in [-0.39, 0.29) is 28.2 Å². The standard InChI is InChI=1S/C6H10N2OS.Br2I/c1-5(9)7-6-8(2)3-4-10-6;1-3-2/h3-4,6H,1-2H3,(H,7,9);/q;-1/p+1. The van der Waals surface area contributed by atoms with Crippen molar-refractivity contribution >= 4 is 43.0 Å². The molecule has 0 aromatic rings. The van der Waals surface area contributed by atoms with E-state index in [0.29, 0.717) is 0 Å². The van der Waals surface area contributed by atoms with Gasteiger partial charge in [0.25, 0.3) is 0 Å². The summed E-state index contributed by atoms with van der Waals surface area (Å²) in [6.07, 6.45) is 2.02. The van der Waals surface area contributed by atoms with Crippen molar-refractivity contribution < 1.29 is 26.4 Å². The van der Waals surface area contributed by atoms with E-state index in [1.54, 1.807) is 11.8 Å². The Morgan fingerprint density at radius 1 is 1.69 bits per heavy atom. The molecule has 13 heavy (non-hydrogen) atoms. The quantitative estimate of drug-likeness (QED) is 0.451. The first kappa shape index (κ1) is 14.2. The molecule has 2 atom stereocenters. The Hall–Kier alpha value is 1.21. The number of amides is 1. The van der Waals surface area contributed by atoms with Crippen molar-refractivity contribution in [1.29, 1.82) is 0 Å². The third kappa shape index (κ3) is 7.18. The van der Waals surface area contributed by atoms with Gasteiger partial charge in [-0.3, -0.25) is 15.0 Å². The van der Waals surface area contributed by atoms with Crippen LogP contribution in [-0.2, 0) is 4.79 Å². The van der Waals surface area contributed by atoms with Crippen LogP contribution in [-0.4, -0.2) is 18.5 Å². The number of hydrogen-bond donors (Lipinski definition) is 2. The molecule has 0 bridgehead atoms. The first-order valence-corrected chi connectivity index (χ1v) is 14.0. The van der Waals surface area contributed by atoms with E-state index in [1.807, 2.05) is 18.7 Å². The maximum absolute atomic E-state index is 10.6. The van der Waals surface area contributed by atoms with E-state index in [1.165, 1.54) is 11.8 Å². The zero-order chi connectivity index (χ0) is 10.3.